The minimum absolute atomic E-state index is 0.726. The lowest BCUT2D eigenvalue weighted by Gasteiger charge is -2.18. The van der Waals surface area contributed by atoms with Gasteiger partial charge >= 0.3 is 0 Å². The molecule has 17 heavy (non-hydrogen) atoms. The lowest BCUT2D eigenvalue weighted by molar-refractivity contribution is 0.300. The van der Waals surface area contributed by atoms with Gasteiger partial charge in [0.25, 0.3) is 0 Å². The Morgan fingerprint density at radius 2 is 2.12 bits per heavy atom. The Balaban J connectivity index is 2.60. The minimum Gasteiger partial charge on any atom is -0.373 e. The predicted molar refractivity (Wildman–Crippen MR) is 74.6 cm³/mol. The first-order valence-corrected chi connectivity index (χ1v) is 6.42. The molecule has 4 heteroatoms. The summed E-state index contributed by atoms with van der Waals surface area (Å²) in [4.78, 5) is 6.73. The summed E-state index contributed by atoms with van der Waals surface area (Å²) in [5.74, 6) is 1.59. The van der Waals surface area contributed by atoms with Crippen LogP contribution in [-0.2, 0) is 6.54 Å². The van der Waals surface area contributed by atoms with Crippen LogP contribution in [0.2, 0.25) is 5.02 Å². The normalized spacial score (nSPS) is 11.2. The second kappa shape index (κ2) is 6.82. The molecule has 96 valence electrons. The van der Waals surface area contributed by atoms with E-state index < -0.39 is 0 Å². The molecule has 3 nitrogen and oxygen atoms in total. The van der Waals surface area contributed by atoms with Crippen LogP contribution in [0.3, 0.4) is 0 Å². The quantitative estimate of drug-likeness (QED) is 0.846. The molecule has 0 aromatic carbocycles. The van der Waals surface area contributed by atoms with Crippen LogP contribution < -0.4 is 5.32 Å². The van der Waals surface area contributed by atoms with Crippen LogP contribution in [0.15, 0.2) is 12.1 Å². The molecular formula is C13H22ClN3. The summed E-state index contributed by atoms with van der Waals surface area (Å²) in [7, 11) is 3.97. The summed E-state index contributed by atoms with van der Waals surface area (Å²) in [5.41, 5.74) is 0.935. The molecule has 0 radical (unpaired) electrons. The molecule has 0 saturated carbocycles. The van der Waals surface area contributed by atoms with Gasteiger partial charge in [0.15, 0.2) is 0 Å². The molecule has 1 heterocycles. The maximum absolute atomic E-state index is 6.14. The largest absolute Gasteiger partial charge is 0.373 e. The Labute approximate surface area is 109 Å². The Bertz CT molecular complexity index is 353. The third-order valence-corrected chi connectivity index (χ3v) is 3.03. The van der Waals surface area contributed by atoms with E-state index in [1.54, 1.807) is 0 Å². The van der Waals surface area contributed by atoms with Gasteiger partial charge in [0.1, 0.15) is 5.82 Å². The van der Waals surface area contributed by atoms with Crippen molar-refractivity contribution in [2.45, 2.75) is 26.8 Å². The van der Waals surface area contributed by atoms with Crippen molar-refractivity contribution < 1.29 is 0 Å². The molecule has 0 aliphatic carbocycles. The molecule has 0 atom stereocenters. The first kappa shape index (κ1) is 14.3. The molecule has 0 aliphatic rings. The molecule has 0 aliphatic heterocycles. The average molecular weight is 256 g/mol. The molecule has 1 rings (SSSR count). The van der Waals surface area contributed by atoms with Gasteiger partial charge in [-0.15, -0.1) is 0 Å². The van der Waals surface area contributed by atoms with Crippen molar-refractivity contribution >= 4 is 17.4 Å². The van der Waals surface area contributed by atoms with E-state index in [2.05, 4.69) is 36.1 Å². The van der Waals surface area contributed by atoms with Crippen LogP contribution in [0.4, 0.5) is 5.82 Å². The first-order chi connectivity index (χ1) is 8.02. The van der Waals surface area contributed by atoms with Crippen molar-refractivity contribution in [3.63, 3.8) is 0 Å². The SMILES string of the molecule is CNc1ccc(Cl)c(CN(C)CCC(C)C)n1. The monoisotopic (exact) mass is 255 g/mol. The molecule has 0 unspecified atom stereocenters. The Morgan fingerprint density at radius 1 is 1.41 bits per heavy atom. The van der Waals surface area contributed by atoms with Crippen molar-refractivity contribution in [1.82, 2.24) is 9.88 Å². The van der Waals surface area contributed by atoms with Crippen molar-refractivity contribution in [2.75, 3.05) is 26.0 Å². The zero-order valence-electron chi connectivity index (χ0n) is 11.1. The summed E-state index contributed by atoms with van der Waals surface area (Å²) >= 11 is 6.14. The number of anilines is 1. The van der Waals surface area contributed by atoms with Gasteiger partial charge in [-0.2, -0.15) is 0 Å². The van der Waals surface area contributed by atoms with E-state index in [4.69, 9.17) is 11.6 Å². The zero-order valence-corrected chi connectivity index (χ0v) is 11.9. The summed E-state index contributed by atoms with van der Waals surface area (Å²) in [6.07, 6.45) is 1.19. The van der Waals surface area contributed by atoms with E-state index in [0.29, 0.717) is 0 Å². The number of nitrogens with one attached hydrogen (secondary N) is 1. The van der Waals surface area contributed by atoms with E-state index in [9.17, 15) is 0 Å². The molecule has 1 aromatic heterocycles. The lowest BCUT2D eigenvalue weighted by atomic mass is 10.1. The number of pyridine rings is 1. The molecular weight excluding hydrogens is 234 g/mol. The number of hydrogen-bond donors (Lipinski definition) is 1. The molecule has 0 amide bonds. The van der Waals surface area contributed by atoms with Gasteiger partial charge in [-0.05, 0) is 38.1 Å². The van der Waals surface area contributed by atoms with Gasteiger partial charge in [0, 0.05) is 13.6 Å². The van der Waals surface area contributed by atoms with E-state index in [0.717, 1.165) is 35.5 Å². The second-order valence-electron chi connectivity index (χ2n) is 4.80. The predicted octanol–water partition coefficient (Wildman–Crippen LogP) is 3.25. The number of rotatable bonds is 6. The fourth-order valence-corrected chi connectivity index (χ4v) is 1.71. The van der Waals surface area contributed by atoms with Crippen molar-refractivity contribution in [2.24, 2.45) is 5.92 Å². The van der Waals surface area contributed by atoms with E-state index in [-0.39, 0.29) is 0 Å². The lowest BCUT2D eigenvalue weighted by Crippen LogP contribution is -2.21. The standard InChI is InChI=1S/C13H22ClN3/c1-10(2)7-8-17(4)9-12-11(14)5-6-13(15-3)16-12/h5-6,10H,7-9H2,1-4H3,(H,15,16). The second-order valence-corrected chi connectivity index (χ2v) is 5.20. The summed E-state index contributed by atoms with van der Waals surface area (Å²) in [5, 5.41) is 3.77. The highest BCUT2D eigenvalue weighted by Gasteiger charge is 2.07. The summed E-state index contributed by atoms with van der Waals surface area (Å²) < 4.78 is 0. The molecule has 1 aromatic rings. The number of halogens is 1. The van der Waals surface area contributed by atoms with E-state index in [1.165, 1.54) is 6.42 Å². The third kappa shape index (κ3) is 4.92. The molecule has 0 fully saturated rings. The number of nitrogens with zero attached hydrogens (tertiary/aromatic N) is 2. The van der Waals surface area contributed by atoms with Gasteiger partial charge in [-0.3, -0.25) is 0 Å². The van der Waals surface area contributed by atoms with Gasteiger partial charge in [-0.1, -0.05) is 25.4 Å². The van der Waals surface area contributed by atoms with Crippen LogP contribution in [0.25, 0.3) is 0 Å². The minimum atomic E-state index is 0.726. The van der Waals surface area contributed by atoms with Crippen molar-refractivity contribution in [3.8, 4) is 0 Å². The molecule has 0 spiro atoms. The Kier molecular flexibility index (Phi) is 5.72. The smallest absolute Gasteiger partial charge is 0.126 e. The molecule has 0 bridgehead atoms. The fourth-order valence-electron chi connectivity index (χ4n) is 1.55. The van der Waals surface area contributed by atoms with Crippen LogP contribution in [0.1, 0.15) is 26.0 Å². The summed E-state index contributed by atoms with van der Waals surface area (Å²) in [6.45, 7) is 6.34. The van der Waals surface area contributed by atoms with E-state index >= 15 is 0 Å². The maximum atomic E-state index is 6.14. The highest BCUT2D eigenvalue weighted by molar-refractivity contribution is 6.31. The average Bonchev–Trinajstić information content (AvgIpc) is 2.29. The topological polar surface area (TPSA) is 28.2 Å². The van der Waals surface area contributed by atoms with Crippen LogP contribution in [0.5, 0.6) is 0 Å². The van der Waals surface area contributed by atoms with Crippen LogP contribution in [0, 0.1) is 5.92 Å². The molecule has 1 N–H and O–H groups in total. The van der Waals surface area contributed by atoms with Crippen LogP contribution in [-0.4, -0.2) is 30.5 Å². The highest BCUT2D eigenvalue weighted by atomic mass is 35.5. The summed E-state index contributed by atoms with van der Waals surface area (Å²) in [6, 6.07) is 3.78. The number of aromatic nitrogens is 1. The molecule has 0 saturated heterocycles. The maximum Gasteiger partial charge on any atom is 0.126 e. The number of hydrogen-bond acceptors (Lipinski definition) is 3. The van der Waals surface area contributed by atoms with Crippen molar-refractivity contribution in [1.29, 1.82) is 0 Å². The van der Waals surface area contributed by atoms with Crippen LogP contribution >= 0.6 is 11.6 Å². The van der Waals surface area contributed by atoms with Gasteiger partial charge < -0.3 is 10.2 Å². The van der Waals surface area contributed by atoms with Gasteiger partial charge in [0.05, 0.1) is 10.7 Å². The third-order valence-electron chi connectivity index (χ3n) is 2.68. The highest BCUT2D eigenvalue weighted by Crippen LogP contribution is 2.18. The van der Waals surface area contributed by atoms with Gasteiger partial charge in [-0.25, -0.2) is 4.98 Å². The Morgan fingerprint density at radius 3 is 2.71 bits per heavy atom. The zero-order chi connectivity index (χ0) is 12.8. The fraction of sp³-hybridized carbons (Fsp3) is 0.615. The van der Waals surface area contributed by atoms with Crippen molar-refractivity contribution in [3.05, 3.63) is 22.8 Å². The first-order valence-electron chi connectivity index (χ1n) is 6.04. The van der Waals surface area contributed by atoms with Gasteiger partial charge in [0.2, 0.25) is 0 Å². The Hall–Kier alpha value is -0.800. The van der Waals surface area contributed by atoms with E-state index in [1.807, 2.05) is 19.2 Å².